The van der Waals surface area contributed by atoms with Crippen LogP contribution in [-0.2, 0) is 33.7 Å². The van der Waals surface area contributed by atoms with Gasteiger partial charge in [0.1, 0.15) is 19.3 Å². The predicted octanol–water partition coefficient (Wildman–Crippen LogP) is 6.79. The van der Waals surface area contributed by atoms with Crippen LogP contribution in [0.5, 0.6) is 0 Å². The Labute approximate surface area is 286 Å². The van der Waals surface area contributed by atoms with Crippen molar-refractivity contribution < 1.29 is 23.9 Å². The van der Waals surface area contributed by atoms with Gasteiger partial charge >= 0.3 is 12.2 Å². The third kappa shape index (κ3) is 8.93. The van der Waals surface area contributed by atoms with Crippen molar-refractivity contribution in [2.24, 2.45) is 0 Å². The van der Waals surface area contributed by atoms with Crippen LogP contribution in [0.3, 0.4) is 0 Å². The Bertz CT molecular complexity index is 1800. The molecule has 1 aliphatic carbocycles. The minimum atomic E-state index is -0.916. The number of carbonyl (C=O) groups excluding carboxylic acids is 3. The molecule has 0 aliphatic heterocycles. The van der Waals surface area contributed by atoms with Crippen LogP contribution in [0.1, 0.15) is 33.7 Å². The van der Waals surface area contributed by atoms with Crippen molar-refractivity contribution in [3.05, 3.63) is 167 Å². The molecule has 8 heteroatoms. The second kappa shape index (κ2) is 16.3. The van der Waals surface area contributed by atoms with E-state index in [1.54, 1.807) is 0 Å². The molecule has 3 amide bonds. The average molecular weight is 654 g/mol. The Hall–Kier alpha value is -5.89. The van der Waals surface area contributed by atoms with Gasteiger partial charge in [-0.25, -0.2) is 9.59 Å². The molecular weight excluding hydrogens is 614 g/mol. The number of carbonyl (C=O) groups is 3. The van der Waals surface area contributed by atoms with Gasteiger partial charge in [0, 0.05) is 18.9 Å². The van der Waals surface area contributed by atoms with Crippen LogP contribution in [0.15, 0.2) is 140 Å². The highest BCUT2D eigenvalue weighted by Gasteiger charge is 2.30. The molecule has 248 valence electrons. The molecule has 0 spiro atoms. The molecule has 0 saturated carbocycles. The summed E-state index contributed by atoms with van der Waals surface area (Å²) in [6.07, 6.45) is -0.546. The monoisotopic (exact) mass is 653 g/mol. The zero-order valence-electron chi connectivity index (χ0n) is 27.1. The maximum Gasteiger partial charge on any atom is 0.407 e. The van der Waals surface area contributed by atoms with Crippen LogP contribution in [0, 0.1) is 0 Å². The lowest BCUT2D eigenvalue weighted by molar-refractivity contribution is -0.123. The minimum Gasteiger partial charge on any atom is -0.449 e. The summed E-state index contributed by atoms with van der Waals surface area (Å²) in [5.74, 6) is -0.499. The fraction of sp³-hybridized carbons (Fsp3) is 0.195. The first kappa shape index (κ1) is 33.0. The highest BCUT2D eigenvalue weighted by molar-refractivity contribution is 5.86. The molecule has 0 radical (unpaired) electrons. The lowest BCUT2D eigenvalue weighted by Crippen LogP contribution is -2.52. The Morgan fingerprint density at radius 3 is 1.63 bits per heavy atom. The summed E-state index contributed by atoms with van der Waals surface area (Å²) in [6, 6.07) is 43.5. The highest BCUT2D eigenvalue weighted by Crippen LogP contribution is 2.44. The predicted molar refractivity (Wildman–Crippen MR) is 189 cm³/mol. The standard InChI is InChI=1S/C41H39N3O5/c45-39(42-26-32(24-29-14-4-1-5-15-29)43-40(46)48-27-31-18-8-3-9-19-31)38(25-30-16-6-2-7-17-30)44-41(47)49-28-37-35-22-12-10-20-33(35)34-21-11-13-23-36(34)37/h1-23,32,37-38H,24-28H2,(H,42,45)(H,43,46)(H,44,47)/t32-,38?/m0/s1. The minimum absolute atomic E-state index is 0.106. The molecule has 0 saturated heterocycles. The number of ether oxygens (including phenoxy) is 2. The second-order valence-corrected chi connectivity index (χ2v) is 12.1. The first-order valence-electron chi connectivity index (χ1n) is 16.5. The first-order chi connectivity index (χ1) is 24.0. The molecule has 0 bridgehead atoms. The van der Waals surface area contributed by atoms with Crippen LogP contribution in [0.25, 0.3) is 11.1 Å². The number of nitrogens with one attached hydrogen (secondary N) is 3. The van der Waals surface area contributed by atoms with E-state index in [1.165, 1.54) is 0 Å². The molecule has 1 unspecified atom stereocenters. The van der Waals surface area contributed by atoms with Crippen LogP contribution >= 0.6 is 0 Å². The van der Waals surface area contributed by atoms with Gasteiger partial charge in [-0.05, 0) is 45.4 Å². The zero-order chi connectivity index (χ0) is 33.8. The number of alkyl carbamates (subject to hydrolysis) is 2. The van der Waals surface area contributed by atoms with Crippen molar-refractivity contribution in [1.82, 2.24) is 16.0 Å². The van der Waals surface area contributed by atoms with Crippen LogP contribution < -0.4 is 16.0 Å². The third-order valence-electron chi connectivity index (χ3n) is 8.62. The van der Waals surface area contributed by atoms with Crippen molar-refractivity contribution in [3.8, 4) is 11.1 Å². The number of hydrogen-bond acceptors (Lipinski definition) is 5. The van der Waals surface area contributed by atoms with Gasteiger partial charge in [-0.15, -0.1) is 0 Å². The van der Waals surface area contributed by atoms with Gasteiger partial charge < -0.3 is 25.4 Å². The van der Waals surface area contributed by atoms with E-state index in [0.717, 1.165) is 38.9 Å². The van der Waals surface area contributed by atoms with Gasteiger partial charge in [0.25, 0.3) is 0 Å². The van der Waals surface area contributed by atoms with E-state index < -0.39 is 30.2 Å². The fourth-order valence-electron chi connectivity index (χ4n) is 6.19. The van der Waals surface area contributed by atoms with E-state index >= 15 is 0 Å². The quantitative estimate of drug-likeness (QED) is 0.130. The summed E-state index contributed by atoms with van der Waals surface area (Å²) in [6.45, 7) is 0.375. The van der Waals surface area contributed by atoms with E-state index in [2.05, 4.69) is 40.2 Å². The molecular formula is C41H39N3O5. The Balaban J connectivity index is 1.10. The van der Waals surface area contributed by atoms with E-state index in [-0.39, 0.29) is 32.1 Å². The molecule has 5 aromatic rings. The van der Waals surface area contributed by atoms with Gasteiger partial charge in [0.15, 0.2) is 0 Å². The van der Waals surface area contributed by atoms with Gasteiger partial charge in [-0.3, -0.25) is 4.79 Å². The smallest absolute Gasteiger partial charge is 0.407 e. The number of benzene rings is 5. The second-order valence-electron chi connectivity index (χ2n) is 12.1. The molecule has 5 aromatic carbocycles. The van der Waals surface area contributed by atoms with Gasteiger partial charge in [0.2, 0.25) is 5.91 Å². The molecule has 6 rings (SSSR count). The molecule has 0 heterocycles. The average Bonchev–Trinajstić information content (AvgIpc) is 3.46. The summed E-state index contributed by atoms with van der Waals surface area (Å²) in [7, 11) is 0. The van der Waals surface area contributed by atoms with Crippen molar-refractivity contribution in [2.75, 3.05) is 13.2 Å². The van der Waals surface area contributed by atoms with Crippen LogP contribution in [0.2, 0.25) is 0 Å². The van der Waals surface area contributed by atoms with Gasteiger partial charge in [0.05, 0.1) is 6.04 Å². The zero-order valence-corrected chi connectivity index (χ0v) is 27.1. The number of amides is 3. The SMILES string of the molecule is O=C(NC(Cc1ccccc1)C(=O)NC[C@H](Cc1ccccc1)NC(=O)OCc1ccccc1)OCC1c2ccccc2-c2ccccc21. The molecule has 0 fully saturated rings. The first-order valence-corrected chi connectivity index (χ1v) is 16.5. The van der Waals surface area contributed by atoms with E-state index in [1.807, 2.05) is 115 Å². The highest BCUT2D eigenvalue weighted by atomic mass is 16.6. The Kier molecular flexibility index (Phi) is 11.0. The van der Waals surface area contributed by atoms with E-state index in [9.17, 15) is 14.4 Å². The lowest BCUT2D eigenvalue weighted by Gasteiger charge is -2.23. The fourth-order valence-corrected chi connectivity index (χ4v) is 6.19. The molecule has 2 atom stereocenters. The molecule has 8 nitrogen and oxygen atoms in total. The van der Waals surface area contributed by atoms with E-state index in [0.29, 0.717) is 6.42 Å². The number of rotatable bonds is 13. The normalized spacial score (nSPS) is 12.9. The molecule has 0 aromatic heterocycles. The van der Waals surface area contributed by atoms with Gasteiger partial charge in [-0.1, -0.05) is 140 Å². The molecule has 3 N–H and O–H groups in total. The van der Waals surface area contributed by atoms with Crippen molar-refractivity contribution in [2.45, 2.75) is 37.5 Å². The summed E-state index contributed by atoms with van der Waals surface area (Å²) in [4.78, 5) is 39.8. The van der Waals surface area contributed by atoms with Crippen molar-refractivity contribution >= 4 is 18.1 Å². The third-order valence-corrected chi connectivity index (χ3v) is 8.62. The Morgan fingerprint density at radius 1 is 0.551 bits per heavy atom. The summed E-state index contributed by atoms with van der Waals surface area (Å²) >= 11 is 0. The number of fused-ring (bicyclic) bond motifs is 3. The maximum atomic E-state index is 13.7. The van der Waals surface area contributed by atoms with Crippen molar-refractivity contribution in [1.29, 1.82) is 0 Å². The number of hydrogen-bond donors (Lipinski definition) is 3. The summed E-state index contributed by atoms with van der Waals surface area (Å²) in [5, 5.41) is 8.66. The maximum absolute atomic E-state index is 13.7. The van der Waals surface area contributed by atoms with Crippen molar-refractivity contribution in [3.63, 3.8) is 0 Å². The topological polar surface area (TPSA) is 106 Å². The van der Waals surface area contributed by atoms with Gasteiger partial charge in [-0.2, -0.15) is 0 Å². The lowest BCUT2D eigenvalue weighted by atomic mass is 9.98. The molecule has 1 aliphatic rings. The largest absolute Gasteiger partial charge is 0.449 e. The molecule has 49 heavy (non-hydrogen) atoms. The Morgan fingerprint density at radius 2 is 1.04 bits per heavy atom. The van der Waals surface area contributed by atoms with Crippen LogP contribution in [0.4, 0.5) is 9.59 Å². The van der Waals surface area contributed by atoms with Crippen LogP contribution in [-0.4, -0.2) is 43.3 Å². The summed E-state index contributed by atoms with van der Waals surface area (Å²) in [5.41, 5.74) is 7.22. The summed E-state index contributed by atoms with van der Waals surface area (Å²) < 4.78 is 11.2. The van der Waals surface area contributed by atoms with E-state index in [4.69, 9.17) is 9.47 Å².